The molecule has 0 aliphatic heterocycles. The minimum Gasteiger partial charge on any atom is -0.400 e. The van der Waals surface area contributed by atoms with E-state index in [-0.39, 0.29) is 24.5 Å². The van der Waals surface area contributed by atoms with Gasteiger partial charge in [-0.3, -0.25) is 15.3 Å². The van der Waals surface area contributed by atoms with E-state index in [9.17, 15) is 23.1 Å². The van der Waals surface area contributed by atoms with Crippen molar-refractivity contribution in [2.24, 2.45) is 10.7 Å². The molecule has 40 heavy (non-hydrogen) atoms. The van der Waals surface area contributed by atoms with E-state index in [1.807, 2.05) is 13.8 Å². The molecular weight excluding hydrogens is 543 g/mol. The summed E-state index contributed by atoms with van der Waals surface area (Å²) in [7, 11) is 0. The fourth-order valence-electron chi connectivity index (χ4n) is 4.05. The second kappa shape index (κ2) is 14.3. The minimum atomic E-state index is -4.51. The summed E-state index contributed by atoms with van der Waals surface area (Å²) in [4.78, 5) is 18.5. The number of aliphatic imine (C=N–C) groups is 1. The standard InChI is InChI=1S/C29H37ClF3N5O2/c1-5-7-8-22(30)24(6-2)37-25-17-28(4,40)14-13-21(25)23(34)18-36-27(39)38(16-15-29(31,32)33)26(35)20-11-9-19(3)10-12-20/h5,7-12,35,40H,1,6,13-18,34H2,2-4H3,(H,36,39)/b8-7-,23-21-,24-22-,35-26?,37-25-. The number of amidine groups is 1. The number of hydrogen-bond donors (Lipinski definition) is 4. The molecule has 2 amide bonds. The predicted octanol–water partition coefficient (Wildman–Crippen LogP) is 6.48. The molecule has 0 aromatic heterocycles. The zero-order valence-corrected chi connectivity index (χ0v) is 23.8. The summed E-state index contributed by atoms with van der Waals surface area (Å²) in [6.45, 7) is 8.13. The number of rotatable bonds is 9. The van der Waals surface area contributed by atoms with Crippen LogP contribution >= 0.6 is 11.6 Å². The van der Waals surface area contributed by atoms with Gasteiger partial charge in [0.15, 0.2) is 0 Å². The molecule has 0 heterocycles. The van der Waals surface area contributed by atoms with E-state index >= 15 is 0 Å². The normalized spacial score (nSPS) is 20.8. The fourth-order valence-corrected chi connectivity index (χ4v) is 4.30. The van der Waals surface area contributed by atoms with Gasteiger partial charge in [-0.05, 0) is 44.8 Å². The van der Waals surface area contributed by atoms with Crippen LogP contribution in [-0.4, -0.2) is 52.5 Å². The third-order valence-corrected chi connectivity index (χ3v) is 6.69. The number of benzene rings is 1. The van der Waals surface area contributed by atoms with Gasteiger partial charge < -0.3 is 16.2 Å². The molecule has 1 aromatic rings. The molecule has 1 unspecified atom stereocenters. The van der Waals surface area contributed by atoms with Crippen molar-refractivity contribution in [2.45, 2.75) is 64.7 Å². The van der Waals surface area contributed by atoms with Crippen LogP contribution < -0.4 is 11.1 Å². The molecule has 0 bridgehead atoms. The lowest BCUT2D eigenvalue weighted by atomic mass is 9.81. The summed E-state index contributed by atoms with van der Waals surface area (Å²) in [5.41, 5.74) is 8.54. The van der Waals surface area contributed by atoms with Crippen molar-refractivity contribution >= 4 is 29.2 Å². The minimum absolute atomic E-state index is 0.186. The number of aryl methyl sites for hydroxylation is 1. The molecule has 7 nitrogen and oxygen atoms in total. The third-order valence-electron chi connectivity index (χ3n) is 6.35. The number of carbonyl (C=O) groups excluding carboxylic acids is 1. The Balaban J connectivity index is 2.35. The Labute approximate surface area is 238 Å². The van der Waals surface area contributed by atoms with Crippen LogP contribution in [0.15, 0.2) is 76.1 Å². The predicted molar refractivity (Wildman–Crippen MR) is 154 cm³/mol. The van der Waals surface area contributed by atoms with Crippen molar-refractivity contribution in [3.63, 3.8) is 0 Å². The zero-order valence-electron chi connectivity index (χ0n) is 23.0. The highest BCUT2D eigenvalue weighted by atomic mass is 35.5. The topological polar surface area (TPSA) is 115 Å². The van der Waals surface area contributed by atoms with Crippen LogP contribution in [0, 0.1) is 12.3 Å². The highest BCUT2D eigenvalue weighted by molar-refractivity contribution is 6.31. The van der Waals surface area contributed by atoms with Gasteiger partial charge >= 0.3 is 12.2 Å². The van der Waals surface area contributed by atoms with Crippen molar-refractivity contribution in [1.29, 1.82) is 5.41 Å². The Kier molecular flexibility index (Phi) is 11.8. The van der Waals surface area contributed by atoms with Crippen molar-refractivity contribution in [3.05, 3.63) is 82.2 Å². The molecule has 218 valence electrons. The largest absolute Gasteiger partial charge is 0.400 e. The van der Waals surface area contributed by atoms with E-state index in [0.29, 0.717) is 46.8 Å². The Bertz CT molecular complexity index is 1220. The van der Waals surface area contributed by atoms with Crippen LogP contribution in [-0.2, 0) is 0 Å². The number of amides is 2. The van der Waals surface area contributed by atoms with Crippen LogP contribution in [0.1, 0.15) is 57.1 Å². The zero-order chi connectivity index (χ0) is 30.1. The van der Waals surface area contributed by atoms with Crippen molar-refractivity contribution in [2.75, 3.05) is 13.1 Å². The lowest BCUT2D eigenvalue weighted by Crippen LogP contribution is -2.46. The lowest BCUT2D eigenvalue weighted by Gasteiger charge is -2.32. The number of halogens is 4. The van der Waals surface area contributed by atoms with E-state index in [0.717, 1.165) is 10.5 Å². The summed E-state index contributed by atoms with van der Waals surface area (Å²) in [5, 5.41) is 22.1. The first-order valence-corrected chi connectivity index (χ1v) is 13.3. The van der Waals surface area contributed by atoms with Crippen LogP contribution in [0.25, 0.3) is 0 Å². The molecule has 1 aromatic carbocycles. The monoisotopic (exact) mass is 579 g/mol. The maximum absolute atomic E-state index is 13.0. The van der Waals surface area contributed by atoms with Crippen LogP contribution in [0.4, 0.5) is 18.0 Å². The summed E-state index contributed by atoms with van der Waals surface area (Å²) < 4.78 is 39.0. The molecule has 0 spiro atoms. The molecule has 1 aliphatic rings. The first-order valence-electron chi connectivity index (χ1n) is 12.9. The maximum atomic E-state index is 13.0. The smallest absolute Gasteiger partial charge is 0.390 e. The van der Waals surface area contributed by atoms with Gasteiger partial charge in [0.05, 0.1) is 29.3 Å². The first kappa shape index (κ1) is 32.8. The van der Waals surface area contributed by atoms with Gasteiger partial charge in [-0.2, -0.15) is 13.2 Å². The van der Waals surface area contributed by atoms with Crippen LogP contribution in [0.3, 0.4) is 0 Å². The Morgan fingerprint density at radius 2 is 2.00 bits per heavy atom. The maximum Gasteiger partial charge on any atom is 0.390 e. The van der Waals surface area contributed by atoms with E-state index in [1.165, 1.54) is 0 Å². The number of nitrogens with one attached hydrogen (secondary N) is 2. The molecule has 1 atom stereocenters. The number of nitrogens with two attached hydrogens (primary N) is 1. The lowest BCUT2D eigenvalue weighted by molar-refractivity contribution is -0.135. The summed E-state index contributed by atoms with van der Waals surface area (Å²) in [6.07, 6.45) is 0.614. The molecule has 2 rings (SSSR count). The molecule has 5 N–H and O–H groups in total. The van der Waals surface area contributed by atoms with E-state index < -0.39 is 30.8 Å². The van der Waals surface area contributed by atoms with Crippen LogP contribution in [0.2, 0.25) is 0 Å². The number of carbonyl (C=O) groups is 1. The van der Waals surface area contributed by atoms with Crippen molar-refractivity contribution in [3.8, 4) is 0 Å². The molecule has 11 heteroatoms. The van der Waals surface area contributed by atoms with Gasteiger partial charge in [0.2, 0.25) is 0 Å². The average molecular weight is 580 g/mol. The summed E-state index contributed by atoms with van der Waals surface area (Å²) in [6, 6.07) is 5.69. The Hall–Kier alpha value is -3.37. The number of hydrogen-bond acceptors (Lipinski definition) is 5. The van der Waals surface area contributed by atoms with Crippen molar-refractivity contribution < 1.29 is 23.1 Å². The van der Waals surface area contributed by atoms with Crippen molar-refractivity contribution in [1.82, 2.24) is 10.2 Å². The number of nitrogens with zero attached hydrogens (tertiary/aromatic N) is 2. The number of alkyl halides is 3. The fraction of sp³-hybridized carbons (Fsp3) is 0.414. The van der Waals surface area contributed by atoms with Gasteiger partial charge in [-0.25, -0.2) is 4.79 Å². The van der Waals surface area contributed by atoms with Crippen LogP contribution in [0.5, 0.6) is 0 Å². The molecule has 1 fully saturated rings. The van der Waals surface area contributed by atoms with E-state index in [1.54, 1.807) is 49.4 Å². The Morgan fingerprint density at radius 3 is 2.58 bits per heavy atom. The first-order chi connectivity index (χ1) is 18.7. The summed E-state index contributed by atoms with van der Waals surface area (Å²) in [5.74, 6) is -0.358. The second-order valence-corrected chi connectivity index (χ2v) is 10.3. The van der Waals surface area contributed by atoms with Gasteiger partial charge in [0.1, 0.15) is 5.84 Å². The highest BCUT2D eigenvalue weighted by Gasteiger charge is 2.33. The van der Waals surface area contributed by atoms with Gasteiger partial charge in [0.25, 0.3) is 0 Å². The average Bonchev–Trinajstić information content (AvgIpc) is 2.88. The number of aliphatic hydroxyl groups is 1. The highest BCUT2D eigenvalue weighted by Crippen LogP contribution is 2.32. The SMILES string of the molecule is C=C\C=C/C(Cl)=C(CC)/N=C1/CC(C)(O)CC/C1=C(/N)CNC(=O)N(CCC(F)(F)F)C(=N)c1ccc(C)cc1. The molecule has 0 saturated heterocycles. The number of urea groups is 1. The van der Waals surface area contributed by atoms with E-state index in [4.69, 9.17) is 27.7 Å². The molecule has 1 saturated carbocycles. The second-order valence-electron chi connectivity index (χ2n) is 9.87. The summed E-state index contributed by atoms with van der Waals surface area (Å²) >= 11 is 6.40. The third kappa shape index (κ3) is 9.98. The Morgan fingerprint density at radius 1 is 1.35 bits per heavy atom. The van der Waals surface area contributed by atoms with Gasteiger partial charge in [-0.1, -0.05) is 67.1 Å². The molecule has 1 aliphatic carbocycles. The van der Waals surface area contributed by atoms with Gasteiger partial charge in [-0.15, -0.1) is 0 Å². The van der Waals surface area contributed by atoms with E-state index in [2.05, 4.69) is 11.9 Å². The number of allylic oxidation sites excluding steroid dienone is 6. The quantitative estimate of drug-likeness (QED) is 0.152. The van der Waals surface area contributed by atoms with Gasteiger partial charge in [0, 0.05) is 29.9 Å². The molecular formula is C29H37ClF3N5O2. The molecule has 0 radical (unpaired) electrons.